The number of nitrogens with one attached hydrogen (secondary N) is 2. The van der Waals surface area contributed by atoms with Crippen LogP contribution in [0.25, 0.3) is 0 Å². The van der Waals surface area contributed by atoms with Gasteiger partial charge in [0.05, 0.1) is 17.7 Å². The van der Waals surface area contributed by atoms with Crippen LogP contribution >= 0.6 is 34.2 Å². The van der Waals surface area contributed by atoms with Crippen LogP contribution in [0.5, 0.6) is 5.75 Å². The van der Waals surface area contributed by atoms with Crippen molar-refractivity contribution >= 4 is 45.8 Å². The summed E-state index contributed by atoms with van der Waals surface area (Å²) in [6, 6.07) is 18.0. The van der Waals surface area contributed by atoms with Crippen LogP contribution in [-0.4, -0.2) is 12.0 Å². The van der Waals surface area contributed by atoms with Gasteiger partial charge in [-0.2, -0.15) is 0 Å². The molecule has 0 bridgehead atoms. The highest BCUT2D eigenvalue weighted by Crippen LogP contribution is 2.59. The number of anilines is 1. The number of benzene rings is 3. The molecule has 2 aliphatic heterocycles. The van der Waals surface area contributed by atoms with Gasteiger partial charge in [-0.3, -0.25) is 4.79 Å². The lowest BCUT2D eigenvalue weighted by atomic mass is 9.59. The minimum absolute atomic E-state index is 0.177. The smallest absolute Gasteiger partial charge is 0.238 e. The van der Waals surface area contributed by atoms with Crippen LogP contribution in [0.3, 0.4) is 0 Å². The predicted molar refractivity (Wildman–Crippen MR) is 145 cm³/mol. The first-order valence-electron chi connectivity index (χ1n) is 11.5. The SMILES string of the molecule is C=C1C[C@@H](c2ccccc2)[C@]2(C(=O)Nc3cc(Cl)ccc32)[C@@H](c2c(OC(C)C)ccc(I)c2F)N1. The summed E-state index contributed by atoms with van der Waals surface area (Å²) >= 11 is 8.28. The van der Waals surface area contributed by atoms with Crippen LogP contribution in [-0.2, 0) is 10.2 Å². The molecule has 2 heterocycles. The second-order valence-electron chi connectivity index (χ2n) is 9.30. The van der Waals surface area contributed by atoms with Crippen LogP contribution in [0.2, 0.25) is 5.02 Å². The van der Waals surface area contributed by atoms with Gasteiger partial charge in [0.25, 0.3) is 0 Å². The average Bonchev–Trinajstić information content (AvgIpc) is 3.09. The molecule has 3 aromatic carbocycles. The van der Waals surface area contributed by atoms with Crippen molar-refractivity contribution in [1.82, 2.24) is 5.32 Å². The van der Waals surface area contributed by atoms with Gasteiger partial charge in [0.1, 0.15) is 17.0 Å². The van der Waals surface area contributed by atoms with Crippen molar-refractivity contribution < 1.29 is 13.9 Å². The van der Waals surface area contributed by atoms with E-state index in [1.807, 2.05) is 72.8 Å². The first kappa shape index (κ1) is 24.1. The number of allylic oxidation sites excluding steroid dienone is 1. The van der Waals surface area contributed by atoms with Crippen molar-refractivity contribution in [2.24, 2.45) is 0 Å². The van der Waals surface area contributed by atoms with E-state index < -0.39 is 17.3 Å². The first-order valence-corrected chi connectivity index (χ1v) is 12.9. The summed E-state index contributed by atoms with van der Waals surface area (Å²) in [5, 5.41) is 6.99. The Hall–Kier alpha value is -2.58. The summed E-state index contributed by atoms with van der Waals surface area (Å²) in [4.78, 5) is 14.1. The molecule has 0 saturated carbocycles. The van der Waals surface area contributed by atoms with Gasteiger partial charge in [-0.1, -0.05) is 54.6 Å². The highest BCUT2D eigenvalue weighted by molar-refractivity contribution is 14.1. The lowest BCUT2D eigenvalue weighted by molar-refractivity contribution is -0.123. The summed E-state index contributed by atoms with van der Waals surface area (Å²) in [6.45, 7) is 8.02. The van der Waals surface area contributed by atoms with E-state index in [0.29, 0.717) is 32.0 Å². The molecule has 1 spiro atoms. The summed E-state index contributed by atoms with van der Waals surface area (Å²) < 4.78 is 22.6. The summed E-state index contributed by atoms with van der Waals surface area (Å²) in [7, 11) is 0. The van der Waals surface area contributed by atoms with E-state index in [0.717, 1.165) is 16.8 Å². The van der Waals surface area contributed by atoms with Gasteiger partial charge in [0, 0.05) is 25.9 Å². The Morgan fingerprint density at radius 2 is 1.91 bits per heavy atom. The molecule has 4 nitrogen and oxygen atoms in total. The number of carbonyl (C=O) groups is 1. The normalized spacial score (nSPS) is 23.3. The molecule has 3 atom stereocenters. The minimum atomic E-state index is -1.16. The average molecular weight is 603 g/mol. The van der Waals surface area contributed by atoms with E-state index in [2.05, 4.69) is 17.2 Å². The van der Waals surface area contributed by atoms with E-state index in [4.69, 9.17) is 16.3 Å². The number of piperidine rings is 1. The third-order valence-corrected chi connectivity index (χ3v) is 7.87. The van der Waals surface area contributed by atoms with Crippen LogP contribution < -0.4 is 15.4 Å². The Morgan fingerprint density at radius 3 is 2.63 bits per heavy atom. The molecular weight excluding hydrogens is 578 g/mol. The summed E-state index contributed by atoms with van der Waals surface area (Å²) in [5.74, 6) is -0.500. The van der Waals surface area contributed by atoms with E-state index in [9.17, 15) is 4.79 Å². The Bertz CT molecular complexity index is 1330. The molecule has 3 aromatic rings. The van der Waals surface area contributed by atoms with Gasteiger partial charge in [0.2, 0.25) is 5.91 Å². The Labute approximate surface area is 223 Å². The maximum absolute atomic E-state index is 16.0. The van der Waals surface area contributed by atoms with Crippen molar-refractivity contribution in [1.29, 1.82) is 0 Å². The number of amides is 1. The molecule has 0 unspecified atom stereocenters. The van der Waals surface area contributed by atoms with E-state index in [1.54, 1.807) is 24.3 Å². The van der Waals surface area contributed by atoms with Gasteiger partial charge < -0.3 is 15.4 Å². The number of carbonyl (C=O) groups excluding carboxylic acids is 1. The second-order valence-corrected chi connectivity index (χ2v) is 10.9. The molecule has 7 heteroatoms. The fourth-order valence-corrected chi connectivity index (χ4v) is 6.13. The fraction of sp³-hybridized carbons (Fsp3) is 0.250. The Morgan fingerprint density at radius 1 is 1.17 bits per heavy atom. The second kappa shape index (κ2) is 9.13. The largest absolute Gasteiger partial charge is 0.491 e. The number of rotatable bonds is 4. The van der Waals surface area contributed by atoms with Crippen molar-refractivity contribution in [2.75, 3.05) is 5.32 Å². The molecule has 5 rings (SSSR count). The maximum Gasteiger partial charge on any atom is 0.238 e. The standard InChI is InChI=1S/C28H25ClFIN2O2/c1-15(2)35-23-12-11-21(31)25(30)24(23)26-28(19-10-9-18(29)14-22(19)33-27(28)34)20(13-16(3)32-26)17-7-5-4-6-8-17/h4-12,14-15,20,26,32H,3,13H2,1-2H3,(H,33,34)/t20-,26+,28-/m0/s1. The number of ether oxygens (including phenoxy) is 1. The predicted octanol–water partition coefficient (Wildman–Crippen LogP) is 7.09. The Balaban J connectivity index is 1.84. The molecule has 0 aromatic heterocycles. The highest BCUT2D eigenvalue weighted by Gasteiger charge is 2.61. The lowest BCUT2D eigenvalue weighted by Gasteiger charge is -2.48. The number of halogens is 3. The van der Waals surface area contributed by atoms with E-state index in [-0.39, 0.29) is 17.9 Å². The quantitative estimate of drug-likeness (QED) is 0.314. The van der Waals surface area contributed by atoms with E-state index >= 15 is 4.39 Å². The zero-order valence-electron chi connectivity index (χ0n) is 19.4. The molecule has 0 radical (unpaired) electrons. The molecule has 2 aliphatic rings. The third kappa shape index (κ3) is 3.91. The maximum atomic E-state index is 16.0. The van der Waals surface area contributed by atoms with Crippen molar-refractivity contribution in [3.05, 3.63) is 104 Å². The topological polar surface area (TPSA) is 50.4 Å². The van der Waals surface area contributed by atoms with Gasteiger partial charge >= 0.3 is 0 Å². The molecule has 180 valence electrons. The van der Waals surface area contributed by atoms with Crippen molar-refractivity contribution in [2.45, 2.75) is 43.7 Å². The van der Waals surface area contributed by atoms with Gasteiger partial charge in [-0.15, -0.1) is 0 Å². The summed E-state index contributed by atoms with van der Waals surface area (Å²) in [5.41, 5.74) is 2.29. The minimum Gasteiger partial charge on any atom is -0.491 e. The van der Waals surface area contributed by atoms with Gasteiger partial charge in [-0.05, 0) is 78.3 Å². The monoisotopic (exact) mass is 602 g/mol. The van der Waals surface area contributed by atoms with Crippen LogP contribution in [0.4, 0.5) is 10.1 Å². The van der Waals surface area contributed by atoms with Crippen LogP contribution in [0.1, 0.15) is 48.9 Å². The molecule has 2 N–H and O–H groups in total. The van der Waals surface area contributed by atoms with Crippen LogP contribution in [0, 0.1) is 9.39 Å². The lowest BCUT2D eigenvalue weighted by Crippen LogP contribution is -2.54. The number of hydrogen-bond donors (Lipinski definition) is 2. The van der Waals surface area contributed by atoms with E-state index in [1.165, 1.54) is 0 Å². The molecule has 1 saturated heterocycles. The fourth-order valence-electron chi connectivity index (χ4n) is 5.49. The number of hydrogen-bond acceptors (Lipinski definition) is 3. The molecule has 1 amide bonds. The third-order valence-electron chi connectivity index (χ3n) is 6.80. The van der Waals surface area contributed by atoms with Crippen molar-refractivity contribution in [3.63, 3.8) is 0 Å². The zero-order chi connectivity index (χ0) is 24.9. The zero-order valence-corrected chi connectivity index (χ0v) is 22.3. The van der Waals surface area contributed by atoms with Gasteiger partial charge in [0.15, 0.2) is 0 Å². The number of fused-ring (bicyclic) bond motifs is 2. The molecule has 0 aliphatic carbocycles. The molecule has 1 fully saturated rings. The molecular formula is C28H25ClFIN2O2. The van der Waals surface area contributed by atoms with Gasteiger partial charge in [-0.25, -0.2) is 4.39 Å². The summed E-state index contributed by atoms with van der Waals surface area (Å²) in [6.07, 6.45) is 0.339. The first-order chi connectivity index (χ1) is 16.7. The Kier molecular flexibility index (Phi) is 6.30. The highest BCUT2D eigenvalue weighted by atomic mass is 127. The van der Waals surface area contributed by atoms with Crippen molar-refractivity contribution in [3.8, 4) is 5.75 Å². The van der Waals surface area contributed by atoms with Crippen LogP contribution in [0.15, 0.2) is 72.9 Å². The molecule has 35 heavy (non-hydrogen) atoms.